The van der Waals surface area contributed by atoms with Crippen molar-refractivity contribution in [3.8, 4) is 22.9 Å². The summed E-state index contributed by atoms with van der Waals surface area (Å²) in [4.78, 5) is 21.2. The van der Waals surface area contributed by atoms with Gasteiger partial charge < -0.3 is 9.47 Å². The summed E-state index contributed by atoms with van der Waals surface area (Å²) in [6.45, 7) is 4.97. The highest BCUT2D eigenvalue weighted by Gasteiger charge is 2.16. The van der Waals surface area contributed by atoms with Gasteiger partial charge in [-0.1, -0.05) is 109 Å². The first kappa shape index (κ1) is 31.3. The fourth-order valence-electron chi connectivity index (χ4n) is 4.61. The quantitative estimate of drug-likeness (QED) is 0.110. The van der Waals surface area contributed by atoms with E-state index in [1.165, 1.54) is 101 Å². The van der Waals surface area contributed by atoms with E-state index >= 15 is 0 Å². The third-order valence-corrected chi connectivity index (χ3v) is 7.05. The van der Waals surface area contributed by atoms with Gasteiger partial charge in [0.1, 0.15) is 11.6 Å². The molecule has 0 N–H and O–H groups in total. The summed E-state index contributed by atoms with van der Waals surface area (Å²) < 4.78 is 25.5. The van der Waals surface area contributed by atoms with E-state index in [1.54, 1.807) is 6.07 Å². The maximum absolute atomic E-state index is 14.6. The number of unbranched alkanes of at least 4 members (excludes halogenated alkanes) is 11. The number of aryl methyl sites for hydroxylation is 1. The predicted octanol–water partition coefficient (Wildman–Crippen LogP) is 9.53. The smallest absolute Gasteiger partial charge is 0.346 e. The third kappa shape index (κ3) is 11.1. The minimum Gasteiger partial charge on any atom is -0.493 e. The van der Waals surface area contributed by atoms with Gasteiger partial charge in [-0.05, 0) is 37.0 Å². The molecule has 0 atom stereocenters. The van der Waals surface area contributed by atoms with E-state index in [9.17, 15) is 9.18 Å². The van der Waals surface area contributed by atoms with E-state index < -0.39 is 11.8 Å². The number of ether oxygens (including phenoxy) is 2. The van der Waals surface area contributed by atoms with Gasteiger partial charge in [0.2, 0.25) is 0 Å². The Morgan fingerprint density at radius 2 is 1.32 bits per heavy atom. The molecule has 40 heavy (non-hydrogen) atoms. The normalized spacial score (nSPS) is 11.0. The van der Waals surface area contributed by atoms with E-state index in [1.807, 2.05) is 12.1 Å². The number of hydrogen-bond donors (Lipinski definition) is 0. The van der Waals surface area contributed by atoms with Crippen molar-refractivity contribution >= 4 is 5.97 Å². The highest BCUT2D eigenvalue weighted by Crippen LogP contribution is 2.22. The molecule has 1 aromatic heterocycles. The molecule has 0 amide bonds. The minimum absolute atomic E-state index is 0.159. The van der Waals surface area contributed by atoms with Crippen molar-refractivity contribution in [1.82, 2.24) is 9.97 Å². The van der Waals surface area contributed by atoms with Crippen LogP contribution in [0.4, 0.5) is 4.39 Å². The molecule has 0 bridgehead atoms. The zero-order valence-corrected chi connectivity index (χ0v) is 24.3. The molecule has 0 saturated heterocycles. The van der Waals surface area contributed by atoms with Gasteiger partial charge in [-0.3, -0.25) is 0 Å². The van der Waals surface area contributed by atoms with Crippen molar-refractivity contribution in [3.05, 3.63) is 71.8 Å². The second-order valence-electron chi connectivity index (χ2n) is 10.5. The summed E-state index contributed by atoms with van der Waals surface area (Å²) >= 11 is 0. The molecule has 6 heteroatoms. The van der Waals surface area contributed by atoms with Gasteiger partial charge >= 0.3 is 5.97 Å². The lowest BCUT2D eigenvalue weighted by Gasteiger charge is -2.09. The Labute approximate surface area is 239 Å². The van der Waals surface area contributed by atoms with Crippen molar-refractivity contribution in [2.24, 2.45) is 0 Å². The van der Waals surface area contributed by atoms with Crippen LogP contribution in [-0.2, 0) is 6.42 Å². The summed E-state index contributed by atoms with van der Waals surface area (Å²) in [6.07, 6.45) is 20.0. The second kappa shape index (κ2) is 18.1. The van der Waals surface area contributed by atoms with Gasteiger partial charge in [0.15, 0.2) is 11.6 Å². The molecule has 5 nitrogen and oxygen atoms in total. The van der Waals surface area contributed by atoms with Crippen LogP contribution >= 0.6 is 0 Å². The number of carbonyl (C=O) groups is 1. The predicted molar refractivity (Wildman–Crippen MR) is 159 cm³/mol. The standard InChI is InChI=1S/C34H45FN2O3/c1-3-5-7-9-11-12-14-16-27-17-19-28(20-18-27)33-36-25-30(26-37-33)40-34(38)31-22-21-29(24-32(31)35)39-23-15-13-10-8-6-4-2/h17-22,24-26H,3-16,23H2,1-2H3. The fourth-order valence-corrected chi connectivity index (χ4v) is 4.61. The van der Waals surface area contributed by atoms with Crippen LogP contribution in [0.2, 0.25) is 0 Å². The molecule has 0 radical (unpaired) electrons. The van der Waals surface area contributed by atoms with Crippen molar-refractivity contribution in [1.29, 1.82) is 0 Å². The zero-order chi connectivity index (χ0) is 28.4. The van der Waals surface area contributed by atoms with Crippen LogP contribution in [0.1, 0.15) is 113 Å². The topological polar surface area (TPSA) is 61.3 Å². The molecule has 3 rings (SSSR count). The van der Waals surface area contributed by atoms with Gasteiger partial charge in [-0.15, -0.1) is 0 Å². The van der Waals surface area contributed by atoms with Gasteiger partial charge in [0.05, 0.1) is 24.6 Å². The summed E-state index contributed by atoms with van der Waals surface area (Å²) in [7, 11) is 0. The van der Waals surface area contributed by atoms with Gasteiger partial charge in [0, 0.05) is 11.6 Å². The Balaban J connectivity index is 1.43. The Morgan fingerprint density at radius 3 is 1.95 bits per heavy atom. The zero-order valence-electron chi connectivity index (χ0n) is 24.3. The van der Waals surface area contributed by atoms with Crippen molar-refractivity contribution in [2.75, 3.05) is 6.61 Å². The number of halogens is 1. The van der Waals surface area contributed by atoms with E-state index in [2.05, 4.69) is 35.9 Å². The first-order chi connectivity index (χ1) is 19.6. The number of rotatable bonds is 19. The SMILES string of the molecule is CCCCCCCCCc1ccc(-c2ncc(OC(=O)c3ccc(OCCCCCCCC)cc3F)cn2)cc1. The van der Waals surface area contributed by atoms with E-state index in [-0.39, 0.29) is 11.3 Å². The molecule has 3 aromatic rings. The van der Waals surface area contributed by atoms with Gasteiger partial charge in [0.25, 0.3) is 0 Å². The van der Waals surface area contributed by atoms with Crippen LogP contribution in [0.15, 0.2) is 54.9 Å². The van der Waals surface area contributed by atoms with Crippen LogP contribution in [0, 0.1) is 5.82 Å². The molecule has 0 spiro atoms. The fraction of sp³-hybridized carbons (Fsp3) is 0.500. The molecule has 216 valence electrons. The molecule has 0 aliphatic rings. The molecule has 0 unspecified atom stereocenters. The molecule has 0 saturated carbocycles. The van der Waals surface area contributed by atoms with Crippen LogP contribution in [0.25, 0.3) is 11.4 Å². The average Bonchev–Trinajstić information content (AvgIpc) is 2.97. The van der Waals surface area contributed by atoms with Crippen LogP contribution in [0.5, 0.6) is 11.5 Å². The summed E-state index contributed by atoms with van der Waals surface area (Å²) in [5, 5.41) is 0. The van der Waals surface area contributed by atoms with Gasteiger partial charge in [-0.25, -0.2) is 19.2 Å². The van der Waals surface area contributed by atoms with Crippen LogP contribution in [0.3, 0.4) is 0 Å². The molecule has 0 aliphatic heterocycles. The largest absolute Gasteiger partial charge is 0.493 e. The van der Waals surface area contributed by atoms with Crippen LogP contribution in [-0.4, -0.2) is 22.5 Å². The van der Waals surface area contributed by atoms with Crippen LogP contribution < -0.4 is 9.47 Å². The highest BCUT2D eigenvalue weighted by molar-refractivity contribution is 5.91. The molecule has 2 aromatic carbocycles. The molecular weight excluding hydrogens is 503 g/mol. The monoisotopic (exact) mass is 548 g/mol. The van der Waals surface area contributed by atoms with Crippen molar-refractivity contribution < 1.29 is 18.7 Å². The first-order valence-corrected chi connectivity index (χ1v) is 15.2. The number of nitrogens with zero attached hydrogens (tertiary/aromatic N) is 2. The molecular formula is C34H45FN2O3. The van der Waals surface area contributed by atoms with Crippen molar-refractivity contribution in [3.63, 3.8) is 0 Å². The second-order valence-corrected chi connectivity index (χ2v) is 10.5. The molecule has 0 aliphatic carbocycles. The number of benzene rings is 2. The number of carbonyl (C=O) groups excluding carboxylic acids is 1. The lowest BCUT2D eigenvalue weighted by atomic mass is 10.0. The maximum atomic E-state index is 14.6. The minimum atomic E-state index is -0.800. The Bertz CT molecular complexity index is 1130. The summed E-state index contributed by atoms with van der Waals surface area (Å²) in [5.41, 5.74) is 2.04. The summed E-state index contributed by atoms with van der Waals surface area (Å²) in [5.74, 6) is -0.373. The molecule has 1 heterocycles. The van der Waals surface area contributed by atoms with Gasteiger partial charge in [-0.2, -0.15) is 0 Å². The lowest BCUT2D eigenvalue weighted by Crippen LogP contribution is -2.11. The number of hydrogen-bond acceptors (Lipinski definition) is 5. The summed E-state index contributed by atoms with van der Waals surface area (Å²) in [6, 6.07) is 12.5. The highest BCUT2D eigenvalue weighted by atomic mass is 19.1. The van der Waals surface area contributed by atoms with E-state index in [4.69, 9.17) is 9.47 Å². The Morgan fingerprint density at radius 1 is 0.725 bits per heavy atom. The lowest BCUT2D eigenvalue weighted by molar-refractivity contribution is 0.0728. The van der Waals surface area contributed by atoms with E-state index in [0.29, 0.717) is 18.2 Å². The third-order valence-electron chi connectivity index (χ3n) is 7.05. The maximum Gasteiger partial charge on any atom is 0.346 e. The Kier molecular flexibility index (Phi) is 14.2. The van der Waals surface area contributed by atoms with Crippen molar-refractivity contribution in [2.45, 2.75) is 104 Å². The molecule has 0 fully saturated rings. The first-order valence-electron chi connectivity index (χ1n) is 15.2. The Hall–Kier alpha value is -3.28. The number of esters is 1. The number of aromatic nitrogens is 2. The van der Waals surface area contributed by atoms with E-state index in [0.717, 1.165) is 24.8 Å². The average molecular weight is 549 g/mol.